The zero-order valence-electron chi connectivity index (χ0n) is 31.2. The quantitative estimate of drug-likeness (QED) is 0.0281. The molecule has 1 heterocycles. The molecule has 0 aromatic rings. The van der Waals surface area contributed by atoms with Crippen LogP contribution in [-0.2, 0) is 43.2 Å². The summed E-state index contributed by atoms with van der Waals surface area (Å²) in [7, 11) is 0. The predicted octanol–water partition coefficient (Wildman–Crippen LogP) is -4.44. The first-order chi connectivity index (χ1) is 25.2. The zero-order valence-corrected chi connectivity index (χ0v) is 31.2. The Morgan fingerprint density at radius 2 is 1.35 bits per heavy atom. The summed E-state index contributed by atoms with van der Waals surface area (Å²) in [6, 6.07) is -8.09. The first-order valence-corrected chi connectivity index (χ1v) is 17.5. The van der Waals surface area contributed by atoms with Crippen LogP contribution in [0.15, 0.2) is 4.99 Å². The second kappa shape index (κ2) is 22.5. The molecule has 0 spiro atoms. The van der Waals surface area contributed by atoms with Gasteiger partial charge in [0.2, 0.25) is 41.4 Å². The molecular weight excluding hydrogens is 714 g/mol. The summed E-state index contributed by atoms with van der Waals surface area (Å²) in [6.07, 6.45) is 0.636. The number of carboxylic acids is 2. The van der Waals surface area contributed by atoms with Crippen molar-refractivity contribution in [2.75, 3.05) is 19.6 Å². The van der Waals surface area contributed by atoms with Gasteiger partial charge in [0.15, 0.2) is 5.96 Å². The molecular formula is C32H55N11O11. The summed E-state index contributed by atoms with van der Waals surface area (Å²) in [5.74, 6) is -8.31. The van der Waals surface area contributed by atoms with Crippen LogP contribution in [0.3, 0.4) is 0 Å². The SMILES string of the molecule is CC(C)[C@H](NC(=O)[C@H](C)NC(=O)[C@H](C)NC(=O)[C@H](CCC(=O)O)NC(=O)CNC(=O)[C@@H]1CCCN1C(=O)[C@@H](N)CCCN=C(N)N)C(=O)N[C@@H](C)C(=O)O. The van der Waals surface area contributed by atoms with E-state index in [-0.39, 0.29) is 31.9 Å². The van der Waals surface area contributed by atoms with Gasteiger partial charge in [-0.3, -0.25) is 48.1 Å². The summed E-state index contributed by atoms with van der Waals surface area (Å²) >= 11 is 0. The molecule has 7 atom stereocenters. The maximum atomic E-state index is 13.1. The van der Waals surface area contributed by atoms with Crippen molar-refractivity contribution in [1.29, 1.82) is 0 Å². The van der Waals surface area contributed by atoms with E-state index in [0.717, 1.165) is 0 Å². The smallest absolute Gasteiger partial charge is 0.325 e. The van der Waals surface area contributed by atoms with E-state index >= 15 is 0 Å². The summed E-state index contributed by atoms with van der Waals surface area (Å²) < 4.78 is 0. The van der Waals surface area contributed by atoms with Gasteiger partial charge in [-0.2, -0.15) is 0 Å². The lowest BCUT2D eigenvalue weighted by atomic mass is 10.0. The predicted molar refractivity (Wildman–Crippen MR) is 192 cm³/mol. The first-order valence-electron chi connectivity index (χ1n) is 17.5. The Morgan fingerprint density at radius 1 is 0.778 bits per heavy atom. The minimum absolute atomic E-state index is 0.0892. The highest BCUT2D eigenvalue weighted by Crippen LogP contribution is 2.19. The number of hydrogen-bond acceptors (Lipinski definition) is 11. The van der Waals surface area contributed by atoms with Gasteiger partial charge in [0.1, 0.15) is 36.3 Å². The van der Waals surface area contributed by atoms with Gasteiger partial charge in [0.25, 0.3) is 0 Å². The van der Waals surface area contributed by atoms with Crippen LogP contribution in [0.25, 0.3) is 0 Å². The van der Waals surface area contributed by atoms with Crippen molar-refractivity contribution in [1.82, 2.24) is 36.8 Å². The number of likely N-dealkylation sites (tertiary alicyclic amines) is 1. The van der Waals surface area contributed by atoms with Crippen molar-refractivity contribution >= 4 is 59.2 Å². The van der Waals surface area contributed by atoms with Crippen LogP contribution in [0.2, 0.25) is 0 Å². The number of carbonyl (C=O) groups excluding carboxylic acids is 7. The number of nitrogens with two attached hydrogens (primary N) is 3. The third-order valence-electron chi connectivity index (χ3n) is 8.33. The third-order valence-corrected chi connectivity index (χ3v) is 8.33. The number of nitrogens with zero attached hydrogens (tertiary/aromatic N) is 2. The van der Waals surface area contributed by atoms with Crippen molar-refractivity contribution < 1.29 is 53.4 Å². The number of hydrogen-bond donors (Lipinski definition) is 11. The van der Waals surface area contributed by atoms with Crippen LogP contribution in [0.5, 0.6) is 0 Å². The number of guanidine groups is 1. The number of aliphatic carboxylic acids is 2. The zero-order chi connectivity index (χ0) is 41.3. The average molecular weight is 770 g/mol. The maximum Gasteiger partial charge on any atom is 0.325 e. The first kappa shape index (κ1) is 46.5. The maximum absolute atomic E-state index is 13.1. The molecule has 1 aliphatic rings. The molecule has 0 aromatic carbocycles. The molecule has 1 saturated heterocycles. The highest BCUT2D eigenvalue weighted by Gasteiger charge is 2.36. The van der Waals surface area contributed by atoms with E-state index < -0.39 is 114 Å². The standard InChI is InChI=1S/C32H55N11O11/c1-15(2)24(29(51)40-18(5)31(53)54)42-26(48)17(4)38-25(47)16(3)39-27(49)20(10-11-23(45)46)41-22(44)14-37-28(50)21-9-7-13-43(21)30(52)19(33)8-6-12-36-32(34)35/h15-21,24H,6-14,33H2,1-5H3,(H,37,50)(H,38,47)(H,39,49)(H,40,51)(H,41,44)(H,42,48)(H,45,46)(H,53,54)(H4,34,35,36)/t16-,17-,18-,19-,20-,21-,24-/m0/s1. The van der Waals surface area contributed by atoms with Crippen LogP contribution in [0.4, 0.5) is 0 Å². The van der Waals surface area contributed by atoms with Gasteiger partial charge in [-0.05, 0) is 58.8 Å². The van der Waals surface area contributed by atoms with Crippen LogP contribution < -0.4 is 49.1 Å². The molecule has 22 heteroatoms. The lowest BCUT2D eigenvalue weighted by molar-refractivity contribution is -0.142. The molecule has 0 radical (unpaired) electrons. The van der Waals surface area contributed by atoms with E-state index in [1.807, 2.05) is 0 Å². The van der Waals surface area contributed by atoms with Gasteiger partial charge in [-0.1, -0.05) is 13.8 Å². The Morgan fingerprint density at radius 3 is 1.91 bits per heavy atom. The van der Waals surface area contributed by atoms with Crippen LogP contribution in [-0.4, -0.2) is 136 Å². The van der Waals surface area contributed by atoms with Crippen molar-refractivity contribution in [2.45, 2.75) is 115 Å². The molecule has 0 aliphatic carbocycles. The fraction of sp³-hybridized carbons (Fsp3) is 0.688. The number of carboxylic acid groups (broad SMARTS) is 2. The molecule has 14 N–H and O–H groups in total. The summed E-state index contributed by atoms with van der Waals surface area (Å²) in [4.78, 5) is 118. The highest BCUT2D eigenvalue weighted by molar-refractivity contribution is 5.97. The fourth-order valence-electron chi connectivity index (χ4n) is 5.19. The van der Waals surface area contributed by atoms with Crippen LogP contribution in [0.1, 0.15) is 73.1 Å². The molecule has 304 valence electrons. The second-order valence-electron chi connectivity index (χ2n) is 13.3. The largest absolute Gasteiger partial charge is 0.481 e. The number of carbonyl (C=O) groups is 9. The van der Waals surface area contributed by atoms with Crippen molar-refractivity contribution in [2.24, 2.45) is 28.1 Å². The van der Waals surface area contributed by atoms with Gasteiger partial charge in [-0.15, -0.1) is 0 Å². The molecule has 0 bridgehead atoms. The lowest BCUT2D eigenvalue weighted by Crippen LogP contribution is -2.58. The molecule has 1 rings (SSSR count). The van der Waals surface area contributed by atoms with E-state index in [2.05, 4.69) is 36.9 Å². The van der Waals surface area contributed by atoms with E-state index in [9.17, 15) is 48.3 Å². The van der Waals surface area contributed by atoms with Crippen LogP contribution >= 0.6 is 0 Å². The van der Waals surface area contributed by atoms with Gasteiger partial charge in [-0.25, -0.2) is 0 Å². The number of nitrogens with one attached hydrogen (secondary N) is 6. The average Bonchev–Trinajstić information content (AvgIpc) is 3.58. The summed E-state index contributed by atoms with van der Waals surface area (Å²) in [6.45, 7) is 7.02. The fourth-order valence-corrected chi connectivity index (χ4v) is 5.19. The monoisotopic (exact) mass is 769 g/mol. The number of amides is 7. The Balaban J connectivity index is 2.79. The highest BCUT2D eigenvalue weighted by atomic mass is 16.4. The Kier molecular flexibility index (Phi) is 19.4. The molecule has 54 heavy (non-hydrogen) atoms. The molecule has 22 nitrogen and oxygen atoms in total. The van der Waals surface area contributed by atoms with E-state index in [4.69, 9.17) is 22.3 Å². The van der Waals surface area contributed by atoms with E-state index in [1.165, 1.54) is 25.7 Å². The van der Waals surface area contributed by atoms with Gasteiger partial charge in [0, 0.05) is 19.5 Å². The summed E-state index contributed by atoms with van der Waals surface area (Å²) in [5, 5.41) is 32.5. The molecule has 0 saturated carbocycles. The normalized spacial score (nSPS) is 17.0. The van der Waals surface area contributed by atoms with E-state index in [0.29, 0.717) is 19.3 Å². The Hall–Kier alpha value is -5.54. The minimum atomic E-state index is -1.44. The van der Waals surface area contributed by atoms with Crippen molar-refractivity contribution in [3.05, 3.63) is 0 Å². The van der Waals surface area contributed by atoms with Gasteiger partial charge in [0.05, 0.1) is 12.6 Å². The molecule has 0 unspecified atom stereocenters. The van der Waals surface area contributed by atoms with Crippen molar-refractivity contribution in [3.63, 3.8) is 0 Å². The van der Waals surface area contributed by atoms with Gasteiger partial charge < -0.3 is 64.2 Å². The van der Waals surface area contributed by atoms with E-state index in [1.54, 1.807) is 13.8 Å². The molecule has 7 amide bonds. The summed E-state index contributed by atoms with van der Waals surface area (Å²) in [5.41, 5.74) is 16.6. The van der Waals surface area contributed by atoms with Crippen molar-refractivity contribution in [3.8, 4) is 0 Å². The third kappa shape index (κ3) is 16.0. The lowest BCUT2D eigenvalue weighted by Gasteiger charge is -2.27. The Bertz CT molecular complexity index is 1420. The van der Waals surface area contributed by atoms with Crippen LogP contribution in [0, 0.1) is 5.92 Å². The molecule has 1 aliphatic heterocycles. The molecule has 0 aromatic heterocycles. The topological polar surface area (TPSA) is 360 Å². The van der Waals surface area contributed by atoms with Gasteiger partial charge >= 0.3 is 11.9 Å². The minimum Gasteiger partial charge on any atom is -0.481 e. The Labute approximate surface area is 312 Å². The number of aliphatic imine (C=N–C) groups is 1. The number of rotatable bonds is 22. The molecule has 1 fully saturated rings. The second-order valence-corrected chi connectivity index (χ2v) is 13.3.